The van der Waals surface area contributed by atoms with Gasteiger partial charge in [-0.15, -0.1) is 34.9 Å². The zero-order valence-electron chi connectivity index (χ0n) is 15.4. The Morgan fingerprint density at radius 2 is 2.04 bits per heavy atom. The van der Waals surface area contributed by atoms with Crippen LogP contribution < -0.4 is 5.43 Å². The molecule has 1 aliphatic rings. The molecule has 1 N–H and O–H groups in total. The summed E-state index contributed by atoms with van der Waals surface area (Å²) in [6.07, 6.45) is 4.07. The molecule has 2 aromatic heterocycles. The number of benzene rings is 1. The zero-order chi connectivity index (χ0) is 19.4. The number of amides is 1. The molecule has 1 fully saturated rings. The summed E-state index contributed by atoms with van der Waals surface area (Å²) in [6.45, 7) is 2.12. The summed E-state index contributed by atoms with van der Waals surface area (Å²) in [4.78, 5) is 13.3. The Labute approximate surface area is 176 Å². The third kappa shape index (κ3) is 4.51. The first-order valence-corrected chi connectivity index (χ1v) is 11.8. The normalized spacial score (nSPS) is 15.9. The zero-order valence-corrected chi connectivity index (χ0v) is 17.8. The molecule has 4 rings (SSSR count). The molecular formula is C20H20N4OS3. The molecule has 3 aromatic rings. The topological polar surface area (TPSA) is 59.3 Å². The van der Waals surface area contributed by atoms with Gasteiger partial charge in [0.15, 0.2) is 0 Å². The lowest BCUT2D eigenvalue weighted by molar-refractivity contribution is -0.121. The van der Waals surface area contributed by atoms with Crippen LogP contribution in [-0.2, 0) is 4.79 Å². The number of hydrogen-bond donors (Lipinski definition) is 1. The van der Waals surface area contributed by atoms with Crippen molar-refractivity contribution in [2.24, 2.45) is 5.10 Å². The molecule has 1 aliphatic heterocycles. The number of nitrogens with zero attached hydrogens (tertiary/aromatic N) is 3. The van der Waals surface area contributed by atoms with E-state index in [0.29, 0.717) is 6.42 Å². The van der Waals surface area contributed by atoms with Crippen LogP contribution in [0.5, 0.6) is 0 Å². The molecule has 0 saturated carbocycles. The van der Waals surface area contributed by atoms with Crippen molar-refractivity contribution in [3.8, 4) is 16.3 Å². The Morgan fingerprint density at radius 3 is 2.75 bits per heavy atom. The van der Waals surface area contributed by atoms with Gasteiger partial charge in [0.2, 0.25) is 5.91 Å². The van der Waals surface area contributed by atoms with Crippen molar-refractivity contribution < 1.29 is 4.79 Å². The van der Waals surface area contributed by atoms with E-state index in [4.69, 9.17) is 5.10 Å². The van der Waals surface area contributed by atoms with Crippen molar-refractivity contribution in [1.82, 2.24) is 15.2 Å². The summed E-state index contributed by atoms with van der Waals surface area (Å²) in [5, 5.41) is 11.0. The maximum atomic E-state index is 12.3. The van der Waals surface area contributed by atoms with Gasteiger partial charge >= 0.3 is 0 Å². The SMILES string of the molecule is CC1(CC(=O)N/N=C\c2cn(-c3ccccc3)nc2-c2cccs2)SCCS1. The molecule has 144 valence electrons. The number of hydrogen-bond acceptors (Lipinski definition) is 6. The lowest BCUT2D eigenvalue weighted by atomic mass is 10.2. The molecule has 1 saturated heterocycles. The molecule has 0 aliphatic carbocycles. The average Bonchev–Trinajstić information content (AvgIpc) is 3.43. The van der Waals surface area contributed by atoms with Gasteiger partial charge in [0.05, 0.1) is 27.3 Å². The number of hydrazone groups is 1. The Bertz CT molecular complexity index is 961. The van der Waals surface area contributed by atoms with Gasteiger partial charge in [-0.3, -0.25) is 4.79 Å². The van der Waals surface area contributed by atoms with Gasteiger partial charge < -0.3 is 0 Å². The third-order valence-electron chi connectivity index (χ3n) is 4.29. The van der Waals surface area contributed by atoms with E-state index in [0.717, 1.165) is 33.3 Å². The standard InChI is InChI=1S/C20H20N4OS3/c1-20(27-10-11-28-20)12-18(25)22-21-13-15-14-24(16-6-3-2-4-7-16)23-19(15)17-8-5-9-26-17/h2-9,13-14H,10-12H2,1H3,(H,22,25)/b21-13-. The van der Waals surface area contributed by atoms with E-state index in [1.807, 2.05) is 82.2 Å². The van der Waals surface area contributed by atoms with Crippen LogP contribution in [0.1, 0.15) is 18.9 Å². The number of rotatable bonds is 6. The first-order chi connectivity index (χ1) is 13.6. The van der Waals surface area contributed by atoms with Crippen molar-refractivity contribution >= 4 is 47.0 Å². The monoisotopic (exact) mass is 428 g/mol. The summed E-state index contributed by atoms with van der Waals surface area (Å²) in [6, 6.07) is 14.0. The van der Waals surface area contributed by atoms with Crippen LogP contribution in [0.4, 0.5) is 0 Å². The average molecular weight is 429 g/mol. The van der Waals surface area contributed by atoms with E-state index in [2.05, 4.69) is 17.5 Å². The van der Waals surface area contributed by atoms with Gasteiger partial charge in [-0.2, -0.15) is 10.2 Å². The van der Waals surface area contributed by atoms with Crippen LogP contribution in [0, 0.1) is 0 Å². The fraction of sp³-hybridized carbons (Fsp3) is 0.250. The largest absolute Gasteiger partial charge is 0.273 e. The summed E-state index contributed by atoms with van der Waals surface area (Å²) < 4.78 is 1.80. The van der Waals surface area contributed by atoms with Crippen molar-refractivity contribution in [2.75, 3.05) is 11.5 Å². The van der Waals surface area contributed by atoms with Crippen molar-refractivity contribution in [3.05, 3.63) is 59.6 Å². The first-order valence-electron chi connectivity index (χ1n) is 8.92. The molecule has 5 nitrogen and oxygen atoms in total. The van der Waals surface area contributed by atoms with Crippen molar-refractivity contribution in [3.63, 3.8) is 0 Å². The summed E-state index contributed by atoms with van der Waals surface area (Å²) >= 11 is 5.31. The maximum absolute atomic E-state index is 12.3. The fourth-order valence-electron chi connectivity index (χ4n) is 2.96. The number of thioether (sulfide) groups is 2. The molecule has 0 bridgehead atoms. The highest BCUT2D eigenvalue weighted by atomic mass is 32.2. The first kappa shape index (κ1) is 19.3. The second-order valence-electron chi connectivity index (χ2n) is 6.49. The number of thiophene rings is 1. The predicted molar refractivity (Wildman–Crippen MR) is 121 cm³/mol. The molecule has 8 heteroatoms. The van der Waals surface area contributed by atoms with E-state index in [1.165, 1.54) is 0 Å². The lowest BCUT2D eigenvalue weighted by Gasteiger charge is -2.19. The quantitative estimate of drug-likeness (QED) is 0.459. The van der Waals surface area contributed by atoms with Gasteiger partial charge in [-0.1, -0.05) is 24.3 Å². The second kappa shape index (κ2) is 8.55. The van der Waals surface area contributed by atoms with E-state index in [9.17, 15) is 4.79 Å². The Hall–Kier alpha value is -2.03. The highest BCUT2D eigenvalue weighted by molar-refractivity contribution is 8.21. The molecular weight excluding hydrogens is 408 g/mol. The number of carbonyl (C=O) groups is 1. The van der Waals surface area contributed by atoms with Gasteiger partial charge in [0.1, 0.15) is 5.69 Å². The minimum atomic E-state index is -0.0613. The van der Waals surface area contributed by atoms with Crippen molar-refractivity contribution in [1.29, 1.82) is 0 Å². The third-order valence-corrected chi connectivity index (χ3v) is 8.46. The molecule has 28 heavy (non-hydrogen) atoms. The van der Waals surface area contributed by atoms with Crippen molar-refractivity contribution in [2.45, 2.75) is 17.4 Å². The van der Waals surface area contributed by atoms with Gasteiger partial charge in [0, 0.05) is 23.3 Å². The van der Waals surface area contributed by atoms with Gasteiger partial charge in [-0.25, -0.2) is 10.1 Å². The number of para-hydroxylation sites is 1. The van der Waals surface area contributed by atoms with Gasteiger partial charge in [0.25, 0.3) is 0 Å². The molecule has 1 aromatic carbocycles. The Morgan fingerprint density at radius 1 is 1.25 bits per heavy atom. The fourth-order valence-corrected chi connectivity index (χ4v) is 6.52. The van der Waals surface area contributed by atoms with Crippen LogP contribution in [0.25, 0.3) is 16.3 Å². The molecule has 3 heterocycles. The molecule has 0 spiro atoms. The molecule has 0 atom stereocenters. The smallest absolute Gasteiger partial charge is 0.242 e. The van der Waals surface area contributed by atoms with Crippen LogP contribution in [0.3, 0.4) is 0 Å². The minimum Gasteiger partial charge on any atom is -0.273 e. The number of nitrogens with one attached hydrogen (secondary N) is 1. The molecule has 0 radical (unpaired) electrons. The highest BCUT2D eigenvalue weighted by Crippen LogP contribution is 2.45. The second-order valence-corrected chi connectivity index (χ2v) is 10.9. The Kier molecular flexibility index (Phi) is 5.89. The van der Waals surface area contributed by atoms with Crippen LogP contribution in [0.2, 0.25) is 0 Å². The number of aromatic nitrogens is 2. The highest BCUT2D eigenvalue weighted by Gasteiger charge is 2.32. The van der Waals surface area contributed by atoms with Crippen LogP contribution >= 0.6 is 34.9 Å². The van der Waals surface area contributed by atoms with E-state index >= 15 is 0 Å². The number of carbonyl (C=O) groups excluding carboxylic acids is 1. The maximum Gasteiger partial charge on any atom is 0.242 e. The molecule has 0 unspecified atom stereocenters. The minimum absolute atomic E-state index is 0.0417. The summed E-state index contributed by atoms with van der Waals surface area (Å²) in [5.74, 6) is 2.13. The van der Waals surface area contributed by atoms with Crippen LogP contribution in [0.15, 0.2) is 59.1 Å². The van der Waals surface area contributed by atoms with Gasteiger partial charge in [-0.05, 0) is 30.5 Å². The van der Waals surface area contributed by atoms with E-state index in [1.54, 1.807) is 17.6 Å². The summed E-state index contributed by atoms with van der Waals surface area (Å²) in [5.41, 5.74) is 5.37. The Balaban J connectivity index is 1.52. The van der Waals surface area contributed by atoms with E-state index < -0.39 is 0 Å². The summed E-state index contributed by atoms with van der Waals surface area (Å²) in [7, 11) is 0. The predicted octanol–water partition coefficient (Wildman–Crippen LogP) is 4.64. The van der Waals surface area contributed by atoms with Crippen LogP contribution in [-0.4, -0.2) is 37.5 Å². The lowest BCUT2D eigenvalue weighted by Crippen LogP contribution is -2.26. The van der Waals surface area contributed by atoms with E-state index in [-0.39, 0.29) is 9.99 Å². The molecule has 1 amide bonds.